The van der Waals surface area contributed by atoms with E-state index in [2.05, 4.69) is 24.4 Å². The van der Waals surface area contributed by atoms with Gasteiger partial charge in [-0.25, -0.2) is 4.79 Å². The SMILES string of the molecule is CCc1ccc(CCC(=O)Nc2ccc(C(=O)O)s2)cc1. The number of amides is 1. The van der Waals surface area contributed by atoms with Crippen LogP contribution >= 0.6 is 11.3 Å². The van der Waals surface area contributed by atoms with Gasteiger partial charge in [0.25, 0.3) is 0 Å². The summed E-state index contributed by atoms with van der Waals surface area (Å²) in [5.74, 6) is -1.08. The highest BCUT2D eigenvalue weighted by Crippen LogP contribution is 2.22. The molecule has 0 fully saturated rings. The summed E-state index contributed by atoms with van der Waals surface area (Å²) in [5, 5.41) is 12.1. The fourth-order valence-electron chi connectivity index (χ4n) is 1.92. The zero-order valence-electron chi connectivity index (χ0n) is 11.8. The quantitative estimate of drug-likeness (QED) is 0.857. The summed E-state index contributed by atoms with van der Waals surface area (Å²) in [7, 11) is 0. The Bertz CT molecular complexity index is 631. The molecule has 2 rings (SSSR count). The molecule has 110 valence electrons. The van der Waals surface area contributed by atoms with Crippen molar-refractivity contribution in [3.63, 3.8) is 0 Å². The van der Waals surface area contributed by atoms with Gasteiger partial charge in [0.05, 0.1) is 5.00 Å². The van der Waals surface area contributed by atoms with Crippen molar-refractivity contribution in [3.05, 3.63) is 52.4 Å². The first-order valence-electron chi connectivity index (χ1n) is 6.79. The predicted molar refractivity (Wildman–Crippen MR) is 84.0 cm³/mol. The van der Waals surface area contributed by atoms with Crippen LogP contribution in [0.1, 0.15) is 34.1 Å². The van der Waals surface area contributed by atoms with Crippen LogP contribution in [0.4, 0.5) is 5.00 Å². The van der Waals surface area contributed by atoms with Crippen LogP contribution in [0.2, 0.25) is 0 Å². The molecule has 1 heterocycles. The second-order valence-electron chi connectivity index (χ2n) is 4.69. The standard InChI is InChI=1S/C16H17NO3S/c1-2-11-3-5-12(6-4-11)7-9-14(18)17-15-10-8-13(21-15)16(19)20/h3-6,8,10H,2,7,9H2,1H3,(H,17,18)(H,19,20). The zero-order valence-corrected chi connectivity index (χ0v) is 12.6. The Balaban J connectivity index is 1.84. The van der Waals surface area contributed by atoms with Gasteiger partial charge in [-0.3, -0.25) is 4.79 Å². The van der Waals surface area contributed by atoms with Crippen molar-refractivity contribution in [1.29, 1.82) is 0 Å². The Kier molecular flexibility index (Phi) is 5.11. The van der Waals surface area contributed by atoms with Crippen LogP contribution in [0.15, 0.2) is 36.4 Å². The van der Waals surface area contributed by atoms with E-state index in [1.165, 1.54) is 11.6 Å². The summed E-state index contributed by atoms with van der Waals surface area (Å²) in [6, 6.07) is 11.3. The molecule has 0 aliphatic carbocycles. The number of aryl methyl sites for hydroxylation is 2. The predicted octanol–water partition coefficient (Wildman–Crippen LogP) is 3.58. The summed E-state index contributed by atoms with van der Waals surface area (Å²) in [6.45, 7) is 2.11. The van der Waals surface area contributed by atoms with Crippen LogP contribution in [-0.2, 0) is 17.6 Å². The number of hydrogen-bond acceptors (Lipinski definition) is 3. The van der Waals surface area contributed by atoms with Gasteiger partial charge in [-0.05, 0) is 36.1 Å². The van der Waals surface area contributed by atoms with Crippen molar-refractivity contribution in [2.45, 2.75) is 26.2 Å². The molecule has 0 aliphatic rings. The number of carbonyl (C=O) groups is 2. The topological polar surface area (TPSA) is 66.4 Å². The Morgan fingerprint density at radius 1 is 1.10 bits per heavy atom. The van der Waals surface area contributed by atoms with Gasteiger partial charge in [0.2, 0.25) is 5.91 Å². The van der Waals surface area contributed by atoms with Gasteiger partial charge in [-0.15, -0.1) is 11.3 Å². The molecule has 0 atom stereocenters. The molecule has 1 aromatic heterocycles. The normalized spacial score (nSPS) is 10.3. The van der Waals surface area contributed by atoms with Crippen LogP contribution in [0.5, 0.6) is 0 Å². The zero-order chi connectivity index (χ0) is 15.2. The van der Waals surface area contributed by atoms with Crippen molar-refractivity contribution in [3.8, 4) is 0 Å². The highest BCUT2D eigenvalue weighted by atomic mass is 32.1. The first-order chi connectivity index (χ1) is 10.1. The van der Waals surface area contributed by atoms with E-state index in [1.807, 2.05) is 12.1 Å². The van der Waals surface area contributed by atoms with Crippen molar-refractivity contribution in [2.75, 3.05) is 5.32 Å². The minimum Gasteiger partial charge on any atom is -0.477 e. The number of carboxylic acids is 1. The van der Waals surface area contributed by atoms with Crippen molar-refractivity contribution >= 4 is 28.2 Å². The molecule has 2 aromatic rings. The van der Waals surface area contributed by atoms with E-state index in [1.54, 1.807) is 6.07 Å². The van der Waals surface area contributed by atoms with Crippen molar-refractivity contribution < 1.29 is 14.7 Å². The number of benzene rings is 1. The van der Waals surface area contributed by atoms with E-state index in [9.17, 15) is 9.59 Å². The molecule has 1 aromatic carbocycles. The smallest absolute Gasteiger partial charge is 0.345 e. The third kappa shape index (κ3) is 4.43. The number of anilines is 1. The molecular weight excluding hydrogens is 286 g/mol. The summed E-state index contributed by atoms with van der Waals surface area (Å²) in [6.07, 6.45) is 2.06. The molecule has 0 saturated heterocycles. The summed E-state index contributed by atoms with van der Waals surface area (Å²) >= 11 is 1.06. The van der Waals surface area contributed by atoms with Crippen molar-refractivity contribution in [1.82, 2.24) is 0 Å². The Labute approximate surface area is 127 Å². The van der Waals surface area contributed by atoms with Crippen LogP contribution in [0.25, 0.3) is 0 Å². The number of thiophene rings is 1. The fraction of sp³-hybridized carbons (Fsp3) is 0.250. The Hall–Kier alpha value is -2.14. The van der Waals surface area contributed by atoms with Gasteiger partial charge in [0, 0.05) is 6.42 Å². The summed E-state index contributed by atoms with van der Waals surface area (Å²) in [5.41, 5.74) is 2.41. The van der Waals surface area contributed by atoms with Gasteiger partial charge in [0.1, 0.15) is 4.88 Å². The maximum Gasteiger partial charge on any atom is 0.345 e. The third-order valence-corrected chi connectivity index (χ3v) is 4.14. The molecule has 5 heteroatoms. The largest absolute Gasteiger partial charge is 0.477 e. The molecule has 0 unspecified atom stereocenters. The highest BCUT2D eigenvalue weighted by molar-refractivity contribution is 7.18. The van der Waals surface area contributed by atoms with E-state index in [-0.39, 0.29) is 10.8 Å². The highest BCUT2D eigenvalue weighted by Gasteiger charge is 2.09. The molecule has 0 bridgehead atoms. The van der Waals surface area contributed by atoms with Crippen molar-refractivity contribution in [2.24, 2.45) is 0 Å². The van der Waals surface area contributed by atoms with Gasteiger partial charge < -0.3 is 10.4 Å². The molecule has 4 nitrogen and oxygen atoms in total. The number of hydrogen-bond donors (Lipinski definition) is 2. The summed E-state index contributed by atoms with van der Waals surface area (Å²) < 4.78 is 0. The molecule has 0 aliphatic heterocycles. The Morgan fingerprint density at radius 2 is 1.76 bits per heavy atom. The maximum absolute atomic E-state index is 11.8. The average molecular weight is 303 g/mol. The lowest BCUT2D eigenvalue weighted by molar-refractivity contribution is -0.116. The van der Waals surface area contributed by atoms with Gasteiger partial charge in [0.15, 0.2) is 0 Å². The second kappa shape index (κ2) is 7.04. The van der Waals surface area contributed by atoms with Gasteiger partial charge in [-0.2, -0.15) is 0 Å². The maximum atomic E-state index is 11.8. The lowest BCUT2D eigenvalue weighted by Crippen LogP contribution is -2.11. The molecule has 0 radical (unpaired) electrons. The van der Waals surface area contributed by atoms with Crippen LogP contribution in [-0.4, -0.2) is 17.0 Å². The van der Waals surface area contributed by atoms with Gasteiger partial charge >= 0.3 is 5.97 Å². The fourth-order valence-corrected chi connectivity index (χ4v) is 2.68. The molecule has 2 N–H and O–H groups in total. The molecule has 21 heavy (non-hydrogen) atoms. The first-order valence-corrected chi connectivity index (χ1v) is 7.61. The monoisotopic (exact) mass is 303 g/mol. The molecule has 0 saturated carbocycles. The number of carboxylic acid groups (broad SMARTS) is 1. The average Bonchev–Trinajstić information content (AvgIpc) is 2.94. The van der Waals surface area contributed by atoms with Gasteiger partial charge in [-0.1, -0.05) is 31.2 Å². The lowest BCUT2D eigenvalue weighted by Gasteiger charge is -2.04. The van der Waals surface area contributed by atoms with Crippen LogP contribution < -0.4 is 5.32 Å². The molecule has 1 amide bonds. The van der Waals surface area contributed by atoms with E-state index in [0.717, 1.165) is 23.3 Å². The van der Waals surface area contributed by atoms with Crippen LogP contribution in [0, 0.1) is 0 Å². The third-order valence-electron chi connectivity index (χ3n) is 3.15. The van der Waals surface area contributed by atoms with E-state index in [4.69, 9.17) is 5.11 Å². The van der Waals surface area contributed by atoms with E-state index < -0.39 is 5.97 Å². The minimum absolute atomic E-state index is 0.103. The van der Waals surface area contributed by atoms with E-state index >= 15 is 0 Å². The number of carbonyl (C=O) groups excluding carboxylic acids is 1. The minimum atomic E-state index is -0.975. The molecular formula is C16H17NO3S. The number of aromatic carboxylic acids is 1. The number of nitrogens with one attached hydrogen (secondary N) is 1. The lowest BCUT2D eigenvalue weighted by atomic mass is 10.1. The first kappa shape index (κ1) is 15.3. The van der Waals surface area contributed by atoms with Crippen LogP contribution in [0.3, 0.4) is 0 Å². The summed E-state index contributed by atoms with van der Waals surface area (Å²) in [4.78, 5) is 22.8. The molecule has 0 spiro atoms. The second-order valence-corrected chi connectivity index (χ2v) is 5.77. The van der Waals surface area contributed by atoms with E-state index in [0.29, 0.717) is 17.8 Å². The Morgan fingerprint density at radius 3 is 2.33 bits per heavy atom. The number of rotatable bonds is 6.